The molecular formula is C26H24N2O5. The van der Waals surface area contributed by atoms with E-state index in [-0.39, 0.29) is 30.4 Å². The molecular weight excluding hydrogens is 420 g/mol. The lowest BCUT2D eigenvalue weighted by atomic mass is 9.98. The zero-order chi connectivity index (χ0) is 23.4. The molecule has 0 unspecified atom stereocenters. The summed E-state index contributed by atoms with van der Waals surface area (Å²) < 4.78 is 5.51. The minimum Gasteiger partial charge on any atom is -0.478 e. The van der Waals surface area contributed by atoms with Gasteiger partial charge < -0.3 is 20.5 Å². The Morgan fingerprint density at radius 3 is 2.06 bits per heavy atom. The van der Waals surface area contributed by atoms with Gasteiger partial charge in [0.15, 0.2) is 0 Å². The maximum absolute atomic E-state index is 12.4. The molecule has 0 fully saturated rings. The molecule has 0 heterocycles. The molecule has 0 spiro atoms. The van der Waals surface area contributed by atoms with Crippen molar-refractivity contribution in [3.63, 3.8) is 0 Å². The molecule has 3 aromatic rings. The first-order valence-corrected chi connectivity index (χ1v) is 10.7. The average molecular weight is 444 g/mol. The third-order valence-electron chi connectivity index (χ3n) is 5.62. The van der Waals surface area contributed by atoms with Gasteiger partial charge in [-0.1, -0.05) is 48.5 Å². The van der Waals surface area contributed by atoms with Crippen LogP contribution in [0.1, 0.15) is 40.7 Å². The summed E-state index contributed by atoms with van der Waals surface area (Å²) in [6.07, 6.45) is -0.534. The highest BCUT2D eigenvalue weighted by Crippen LogP contribution is 2.44. The van der Waals surface area contributed by atoms with Crippen LogP contribution in [-0.2, 0) is 9.53 Å². The van der Waals surface area contributed by atoms with Crippen molar-refractivity contribution in [2.75, 3.05) is 11.9 Å². The average Bonchev–Trinajstić information content (AvgIpc) is 3.11. The Morgan fingerprint density at radius 1 is 0.909 bits per heavy atom. The second kappa shape index (κ2) is 9.56. The third-order valence-corrected chi connectivity index (χ3v) is 5.62. The Balaban J connectivity index is 1.28. The van der Waals surface area contributed by atoms with Crippen molar-refractivity contribution in [2.24, 2.45) is 0 Å². The van der Waals surface area contributed by atoms with Gasteiger partial charge in [-0.05, 0) is 53.4 Å². The summed E-state index contributed by atoms with van der Waals surface area (Å²) in [6.45, 7) is 1.92. The Bertz CT molecular complexity index is 1140. The summed E-state index contributed by atoms with van der Waals surface area (Å²) in [6, 6.07) is 21.6. The minimum absolute atomic E-state index is 0.0319. The van der Waals surface area contributed by atoms with Crippen molar-refractivity contribution in [2.45, 2.75) is 25.3 Å². The lowest BCUT2D eigenvalue weighted by Crippen LogP contribution is -2.36. The molecule has 0 saturated carbocycles. The van der Waals surface area contributed by atoms with E-state index in [0.717, 1.165) is 22.3 Å². The normalized spacial score (nSPS) is 12.9. The highest BCUT2D eigenvalue weighted by Gasteiger charge is 2.29. The number of hydrogen-bond donors (Lipinski definition) is 3. The van der Waals surface area contributed by atoms with Crippen LogP contribution in [0.25, 0.3) is 11.1 Å². The van der Waals surface area contributed by atoms with Crippen molar-refractivity contribution in [3.05, 3.63) is 89.5 Å². The fraction of sp³-hybridized carbons (Fsp3) is 0.192. The van der Waals surface area contributed by atoms with E-state index in [1.54, 1.807) is 6.92 Å². The summed E-state index contributed by atoms with van der Waals surface area (Å²) in [5.41, 5.74) is 5.20. The zero-order valence-electron chi connectivity index (χ0n) is 18.1. The Morgan fingerprint density at radius 2 is 1.48 bits per heavy atom. The highest BCUT2D eigenvalue weighted by atomic mass is 16.5. The number of nitrogens with one attached hydrogen (secondary N) is 2. The Labute approximate surface area is 191 Å². The van der Waals surface area contributed by atoms with Crippen molar-refractivity contribution in [3.8, 4) is 11.1 Å². The second-order valence-electron chi connectivity index (χ2n) is 8.01. The summed E-state index contributed by atoms with van der Waals surface area (Å²) in [4.78, 5) is 35.5. The van der Waals surface area contributed by atoms with Crippen LogP contribution in [0.4, 0.5) is 10.5 Å². The number of alkyl carbamates (subject to hydrolysis) is 1. The van der Waals surface area contributed by atoms with E-state index in [9.17, 15) is 14.4 Å². The van der Waals surface area contributed by atoms with Crippen LogP contribution < -0.4 is 10.6 Å². The lowest BCUT2D eigenvalue weighted by Gasteiger charge is -2.17. The number of aromatic carboxylic acids is 1. The highest BCUT2D eigenvalue weighted by molar-refractivity contribution is 5.93. The molecule has 0 radical (unpaired) electrons. The molecule has 0 aliphatic heterocycles. The molecule has 0 saturated heterocycles. The van der Waals surface area contributed by atoms with Gasteiger partial charge in [-0.3, -0.25) is 4.79 Å². The molecule has 4 rings (SSSR count). The van der Waals surface area contributed by atoms with E-state index >= 15 is 0 Å². The lowest BCUT2D eigenvalue weighted by molar-refractivity contribution is -0.116. The molecule has 1 atom stereocenters. The second-order valence-corrected chi connectivity index (χ2v) is 8.01. The molecule has 3 N–H and O–H groups in total. The van der Waals surface area contributed by atoms with E-state index in [0.29, 0.717) is 5.69 Å². The summed E-state index contributed by atoms with van der Waals surface area (Å²) in [5.74, 6) is -1.37. The van der Waals surface area contributed by atoms with E-state index in [1.807, 2.05) is 24.3 Å². The first kappa shape index (κ1) is 22.1. The van der Waals surface area contributed by atoms with Crippen LogP contribution in [0.2, 0.25) is 0 Å². The van der Waals surface area contributed by atoms with E-state index in [4.69, 9.17) is 9.84 Å². The van der Waals surface area contributed by atoms with Gasteiger partial charge >= 0.3 is 12.1 Å². The monoisotopic (exact) mass is 444 g/mol. The smallest absolute Gasteiger partial charge is 0.407 e. The summed E-state index contributed by atoms with van der Waals surface area (Å²) in [5, 5.41) is 14.3. The molecule has 3 aromatic carbocycles. The van der Waals surface area contributed by atoms with Gasteiger partial charge in [-0.2, -0.15) is 0 Å². The van der Waals surface area contributed by atoms with Crippen LogP contribution in [0, 0.1) is 0 Å². The number of anilines is 1. The van der Waals surface area contributed by atoms with Crippen molar-refractivity contribution < 1.29 is 24.2 Å². The number of rotatable bonds is 7. The van der Waals surface area contributed by atoms with Gasteiger partial charge in [0.05, 0.1) is 5.56 Å². The van der Waals surface area contributed by atoms with Crippen molar-refractivity contribution in [1.29, 1.82) is 0 Å². The number of ether oxygens (including phenoxy) is 1. The van der Waals surface area contributed by atoms with Crippen molar-refractivity contribution >= 4 is 23.7 Å². The molecule has 33 heavy (non-hydrogen) atoms. The van der Waals surface area contributed by atoms with E-state index < -0.39 is 18.1 Å². The number of benzene rings is 3. The first-order chi connectivity index (χ1) is 15.9. The first-order valence-electron chi connectivity index (χ1n) is 10.7. The number of amides is 2. The SMILES string of the molecule is C[C@H](CC(=O)Nc1ccc(C(=O)O)cc1)NC(=O)OCC1c2ccccc2-c2ccccc21. The maximum atomic E-state index is 12.4. The third kappa shape index (κ3) is 5.03. The standard InChI is InChI=1S/C26H24N2O5/c1-16(14-24(29)28-18-12-10-17(11-13-18)25(30)31)27-26(32)33-15-23-21-8-4-2-6-19(21)20-7-3-5-9-22(20)23/h2-13,16,23H,14-15H2,1H3,(H,27,32)(H,28,29)(H,30,31)/t16-/m1/s1. The van der Waals surface area contributed by atoms with E-state index in [1.165, 1.54) is 24.3 Å². The maximum Gasteiger partial charge on any atom is 0.407 e. The molecule has 7 heteroatoms. The molecule has 7 nitrogen and oxygen atoms in total. The number of hydrogen-bond acceptors (Lipinski definition) is 4. The fourth-order valence-corrected chi connectivity index (χ4v) is 4.08. The number of carboxylic acids is 1. The molecule has 1 aliphatic carbocycles. The zero-order valence-corrected chi connectivity index (χ0v) is 18.1. The van der Waals surface area contributed by atoms with Crippen LogP contribution >= 0.6 is 0 Å². The number of fused-ring (bicyclic) bond motifs is 3. The quantitative estimate of drug-likeness (QED) is 0.492. The van der Waals surface area contributed by atoms with Crippen LogP contribution in [0.3, 0.4) is 0 Å². The predicted octanol–water partition coefficient (Wildman–Crippen LogP) is 4.64. The van der Waals surface area contributed by atoms with Gasteiger partial charge in [0.25, 0.3) is 0 Å². The molecule has 1 aliphatic rings. The number of carboxylic acid groups (broad SMARTS) is 1. The van der Waals surface area contributed by atoms with Gasteiger partial charge in [0.2, 0.25) is 5.91 Å². The molecule has 0 aromatic heterocycles. The van der Waals surface area contributed by atoms with Crippen molar-refractivity contribution in [1.82, 2.24) is 5.32 Å². The van der Waals surface area contributed by atoms with Gasteiger partial charge in [-0.15, -0.1) is 0 Å². The number of carbonyl (C=O) groups is 3. The molecule has 168 valence electrons. The van der Waals surface area contributed by atoms with Gasteiger partial charge in [-0.25, -0.2) is 9.59 Å². The fourth-order valence-electron chi connectivity index (χ4n) is 4.08. The summed E-state index contributed by atoms with van der Waals surface area (Å²) in [7, 11) is 0. The molecule has 2 amide bonds. The Hall–Kier alpha value is -4.13. The number of carbonyl (C=O) groups excluding carboxylic acids is 2. The topological polar surface area (TPSA) is 105 Å². The summed E-state index contributed by atoms with van der Waals surface area (Å²) >= 11 is 0. The van der Waals surface area contributed by atoms with Crippen LogP contribution in [0.5, 0.6) is 0 Å². The van der Waals surface area contributed by atoms with Gasteiger partial charge in [0.1, 0.15) is 6.61 Å². The predicted molar refractivity (Wildman–Crippen MR) is 124 cm³/mol. The van der Waals surface area contributed by atoms with Crippen LogP contribution in [-0.4, -0.2) is 35.7 Å². The minimum atomic E-state index is -1.03. The van der Waals surface area contributed by atoms with E-state index in [2.05, 4.69) is 34.9 Å². The Kier molecular flexibility index (Phi) is 6.40. The largest absolute Gasteiger partial charge is 0.478 e. The van der Waals surface area contributed by atoms with Crippen LogP contribution in [0.15, 0.2) is 72.8 Å². The molecule has 0 bridgehead atoms. The van der Waals surface area contributed by atoms with Gasteiger partial charge in [0, 0.05) is 24.1 Å².